The summed E-state index contributed by atoms with van der Waals surface area (Å²) in [5.41, 5.74) is 2.45. The van der Waals surface area contributed by atoms with Crippen LogP contribution in [0.25, 0.3) is 0 Å². The quantitative estimate of drug-likeness (QED) is 0.478. The van der Waals surface area contributed by atoms with Gasteiger partial charge in [0, 0.05) is 39.0 Å². The average Bonchev–Trinajstić information content (AvgIpc) is 2.77. The van der Waals surface area contributed by atoms with Crippen LogP contribution < -0.4 is 10.8 Å². The van der Waals surface area contributed by atoms with Crippen LogP contribution in [0.2, 0.25) is 0 Å². The van der Waals surface area contributed by atoms with Crippen LogP contribution in [0.5, 0.6) is 0 Å². The Balaban J connectivity index is 2.03. The minimum Gasteiger partial charge on any atom is -0.350 e. The predicted octanol–water partition coefficient (Wildman–Crippen LogP) is 3.08. The van der Waals surface area contributed by atoms with Crippen molar-refractivity contribution in [1.29, 1.82) is 0 Å². The molecular weight excluding hydrogens is 410 g/mol. The molecule has 0 aromatic heterocycles. The summed E-state index contributed by atoms with van der Waals surface area (Å²) in [6.45, 7) is 5.34. The lowest BCUT2D eigenvalue weighted by atomic mass is 9.95. The van der Waals surface area contributed by atoms with E-state index in [0.717, 1.165) is 44.9 Å². The second-order valence-electron chi connectivity index (χ2n) is 9.34. The van der Waals surface area contributed by atoms with Gasteiger partial charge >= 0.3 is 0 Å². The fourth-order valence-corrected chi connectivity index (χ4v) is 4.05. The first-order chi connectivity index (χ1) is 15.4. The molecule has 2 N–H and O–H groups in total. The molecule has 0 saturated carbocycles. The molecule has 32 heavy (non-hydrogen) atoms. The molecule has 8 nitrogen and oxygen atoms in total. The van der Waals surface area contributed by atoms with Gasteiger partial charge in [0.2, 0.25) is 17.7 Å². The number of nitrogens with zero attached hydrogens (tertiary/aromatic N) is 1. The molecule has 2 heterocycles. The van der Waals surface area contributed by atoms with Crippen molar-refractivity contribution in [2.24, 2.45) is 11.8 Å². The molecule has 0 radical (unpaired) electrons. The highest BCUT2D eigenvalue weighted by Crippen LogP contribution is 2.18. The van der Waals surface area contributed by atoms with Gasteiger partial charge in [-0.2, -0.15) is 0 Å². The molecule has 2 aliphatic heterocycles. The van der Waals surface area contributed by atoms with Crippen LogP contribution in [0.15, 0.2) is 12.2 Å². The third-order valence-electron chi connectivity index (χ3n) is 5.90. The van der Waals surface area contributed by atoms with Crippen LogP contribution in [0.3, 0.4) is 0 Å². The van der Waals surface area contributed by atoms with E-state index in [4.69, 9.17) is 9.57 Å². The number of hydrogen-bond donors (Lipinski definition) is 2. The van der Waals surface area contributed by atoms with E-state index in [1.807, 2.05) is 13.8 Å². The molecule has 182 valence electrons. The van der Waals surface area contributed by atoms with Crippen molar-refractivity contribution in [1.82, 2.24) is 15.7 Å². The maximum Gasteiger partial charge on any atom is 0.244 e. The zero-order valence-electron chi connectivity index (χ0n) is 19.9. The van der Waals surface area contributed by atoms with Gasteiger partial charge in [0.05, 0.1) is 0 Å². The summed E-state index contributed by atoms with van der Waals surface area (Å²) >= 11 is 0. The first-order valence-electron chi connectivity index (χ1n) is 12.1. The predicted molar refractivity (Wildman–Crippen MR) is 122 cm³/mol. The molecule has 1 saturated heterocycles. The molecule has 0 bridgehead atoms. The van der Waals surface area contributed by atoms with Crippen LogP contribution in [-0.2, 0) is 24.0 Å². The van der Waals surface area contributed by atoms with Crippen molar-refractivity contribution in [3.05, 3.63) is 12.2 Å². The monoisotopic (exact) mass is 451 g/mol. The lowest BCUT2D eigenvalue weighted by Gasteiger charge is -2.28. The van der Waals surface area contributed by atoms with Crippen LogP contribution in [0.4, 0.5) is 0 Å². The Hall–Kier alpha value is -1.93. The Morgan fingerprint density at radius 1 is 1.19 bits per heavy atom. The fourth-order valence-electron chi connectivity index (χ4n) is 4.05. The van der Waals surface area contributed by atoms with Crippen LogP contribution in [0.1, 0.15) is 78.1 Å². The van der Waals surface area contributed by atoms with E-state index >= 15 is 0 Å². The summed E-state index contributed by atoms with van der Waals surface area (Å²) < 4.78 is 5.46. The summed E-state index contributed by atoms with van der Waals surface area (Å²) in [7, 11) is 1.78. The normalized spacial score (nSPS) is 27.5. The molecule has 3 amide bonds. The second kappa shape index (κ2) is 14.3. The molecule has 0 aliphatic carbocycles. The van der Waals surface area contributed by atoms with Crippen LogP contribution >= 0.6 is 0 Å². The van der Waals surface area contributed by atoms with Gasteiger partial charge < -0.3 is 15.0 Å². The SMILES string of the molecule is CC(C)C[C@@H]1NC(=O)[C@@H](CC(=O)NOC2CCCCO2)CCC/C=C/CCCN(C)C1=O. The van der Waals surface area contributed by atoms with Gasteiger partial charge in [-0.05, 0) is 57.3 Å². The third kappa shape index (κ3) is 9.69. The van der Waals surface area contributed by atoms with E-state index in [-0.39, 0.29) is 30.1 Å². The number of rotatable bonds is 6. The summed E-state index contributed by atoms with van der Waals surface area (Å²) in [6, 6.07) is -0.580. The molecule has 0 aromatic carbocycles. The van der Waals surface area contributed by atoms with E-state index in [9.17, 15) is 14.4 Å². The van der Waals surface area contributed by atoms with Gasteiger partial charge in [-0.3, -0.25) is 14.4 Å². The minimum atomic E-state index is -0.580. The topological polar surface area (TPSA) is 97.0 Å². The Morgan fingerprint density at radius 2 is 1.94 bits per heavy atom. The van der Waals surface area contributed by atoms with Gasteiger partial charge in [-0.25, -0.2) is 10.3 Å². The number of nitrogens with one attached hydrogen (secondary N) is 2. The molecule has 1 unspecified atom stereocenters. The Kier molecular flexibility index (Phi) is 11.7. The highest BCUT2D eigenvalue weighted by Gasteiger charge is 2.29. The van der Waals surface area contributed by atoms with Gasteiger partial charge in [0.15, 0.2) is 6.29 Å². The van der Waals surface area contributed by atoms with E-state index in [1.165, 1.54) is 0 Å². The number of hydrogen-bond acceptors (Lipinski definition) is 5. The standard InChI is InChI=1S/C24H41N3O5/c1-18(2)16-20-24(30)27(3)14-10-7-5-4-6-8-12-19(23(29)25-20)17-21(28)26-32-22-13-9-11-15-31-22/h4-5,18-20,22H,6-17H2,1-3H3,(H,25,29)(H,26,28)/b5-4+/t19-,20+,22?/m1/s1. The van der Waals surface area contributed by atoms with Gasteiger partial charge in [0.1, 0.15) is 6.04 Å². The number of amides is 3. The minimum absolute atomic E-state index is 0.0146. The van der Waals surface area contributed by atoms with Gasteiger partial charge in [-0.1, -0.05) is 26.0 Å². The number of carbonyl (C=O) groups is 3. The lowest BCUT2D eigenvalue weighted by Crippen LogP contribution is -2.50. The summed E-state index contributed by atoms with van der Waals surface area (Å²) in [5, 5.41) is 2.95. The molecular formula is C24H41N3O5. The fraction of sp³-hybridized carbons (Fsp3) is 0.792. The smallest absolute Gasteiger partial charge is 0.244 e. The number of likely N-dealkylation sites (N-methyl/N-ethyl adjacent to an activating group) is 1. The number of hydroxylamine groups is 1. The van der Waals surface area contributed by atoms with Gasteiger partial charge in [0.25, 0.3) is 0 Å². The van der Waals surface area contributed by atoms with Crippen molar-refractivity contribution in [3.8, 4) is 0 Å². The number of ether oxygens (including phenoxy) is 1. The third-order valence-corrected chi connectivity index (χ3v) is 5.90. The first-order valence-corrected chi connectivity index (χ1v) is 12.1. The van der Waals surface area contributed by atoms with Crippen molar-refractivity contribution < 1.29 is 24.0 Å². The number of allylic oxidation sites excluding steroid dienone is 2. The van der Waals surface area contributed by atoms with Crippen molar-refractivity contribution in [2.45, 2.75) is 90.4 Å². The molecule has 0 aromatic rings. The molecule has 8 heteroatoms. The molecule has 1 fully saturated rings. The molecule has 0 spiro atoms. The van der Waals surface area contributed by atoms with Crippen LogP contribution in [0, 0.1) is 11.8 Å². The van der Waals surface area contributed by atoms with Crippen LogP contribution in [-0.4, -0.2) is 55.2 Å². The van der Waals surface area contributed by atoms with E-state index < -0.39 is 18.2 Å². The van der Waals surface area contributed by atoms with E-state index in [1.54, 1.807) is 11.9 Å². The molecule has 2 rings (SSSR count). The maximum absolute atomic E-state index is 13.1. The first kappa shape index (κ1) is 26.3. The second-order valence-corrected chi connectivity index (χ2v) is 9.34. The largest absolute Gasteiger partial charge is 0.350 e. The average molecular weight is 452 g/mol. The Morgan fingerprint density at radius 3 is 2.62 bits per heavy atom. The van der Waals surface area contributed by atoms with Crippen molar-refractivity contribution >= 4 is 17.7 Å². The maximum atomic E-state index is 13.1. The summed E-state index contributed by atoms with van der Waals surface area (Å²) in [5.74, 6) is -0.934. The summed E-state index contributed by atoms with van der Waals surface area (Å²) in [6.07, 6.45) is 11.2. The van der Waals surface area contributed by atoms with Crippen molar-refractivity contribution in [3.63, 3.8) is 0 Å². The van der Waals surface area contributed by atoms with Gasteiger partial charge in [-0.15, -0.1) is 0 Å². The van der Waals surface area contributed by atoms with E-state index in [2.05, 4.69) is 22.9 Å². The zero-order valence-corrected chi connectivity index (χ0v) is 19.9. The van der Waals surface area contributed by atoms with Crippen molar-refractivity contribution in [2.75, 3.05) is 20.2 Å². The molecule has 2 aliphatic rings. The summed E-state index contributed by atoms with van der Waals surface area (Å²) in [4.78, 5) is 45.7. The Labute approximate surface area is 192 Å². The highest BCUT2D eigenvalue weighted by atomic mass is 16.8. The van der Waals surface area contributed by atoms with E-state index in [0.29, 0.717) is 26.0 Å². The lowest BCUT2D eigenvalue weighted by molar-refractivity contribution is -0.200. The highest BCUT2D eigenvalue weighted by molar-refractivity contribution is 5.90. The zero-order chi connectivity index (χ0) is 23.3. The number of carbonyl (C=O) groups excluding carboxylic acids is 3. The molecule has 3 atom stereocenters. The Bertz CT molecular complexity index is 631.